The molecule has 2 fully saturated rings. The summed E-state index contributed by atoms with van der Waals surface area (Å²) < 4.78 is 10.5. The normalized spacial score (nSPS) is 36.6. The van der Waals surface area contributed by atoms with Crippen molar-refractivity contribution in [2.45, 2.75) is 18.3 Å². The Hall–Kier alpha value is -1.21. The van der Waals surface area contributed by atoms with Crippen LogP contribution < -0.4 is 0 Å². The summed E-state index contributed by atoms with van der Waals surface area (Å²) in [5.74, 6) is -1.04. The summed E-state index contributed by atoms with van der Waals surface area (Å²) >= 11 is 0. The molecule has 1 N–H and O–H groups in total. The summed E-state index contributed by atoms with van der Waals surface area (Å²) in [7, 11) is 0. The van der Waals surface area contributed by atoms with Crippen molar-refractivity contribution in [1.82, 2.24) is 5.01 Å². The van der Waals surface area contributed by atoms with Gasteiger partial charge in [-0.2, -0.15) is 0 Å². The molecule has 0 amide bonds. The Kier molecular flexibility index (Phi) is 2.34. The molecule has 2 saturated heterocycles. The summed E-state index contributed by atoms with van der Waals surface area (Å²) in [4.78, 5) is 20.8. The van der Waals surface area contributed by atoms with Crippen LogP contribution in [0.3, 0.4) is 0 Å². The SMILES string of the molecule is O=NN1CC2OCC(C(=O)O)OC2C1. The van der Waals surface area contributed by atoms with Crippen molar-refractivity contribution in [3.05, 3.63) is 4.91 Å². The first-order chi connectivity index (χ1) is 6.70. The molecule has 0 aromatic carbocycles. The van der Waals surface area contributed by atoms with Gasteiger partial charge in [-0.25, -0.2) is 4.79 Å². The van der Waals surface area contributed by atoms with E-state index in [0.29, 0.717) is 13.1 Å². The minimum absolute atomic E-state index is 0.0309. The molecule has 0 saturated carbocycles. The maximum atomic E-state index is 10.6. The zero-order valence-electron chi connectivity index (χ0n) is 7.33. The predicted molar refractivity (Wildman–Crippen MR) is 43.4 cm³/mol. The number of hydrogen-bond acceptors (Lipinski definition) is 5. The van der Waals surface area contributed by atoms with E-state index in [-0.39, 0.29) is 18.8 Å². The highest BCUT2D eigenvalue weighted by molar-refractivity contribution is 5.72. The Morgan fingerprint density at radius 3 is 2.79 bits per heavy atom. The topological polar surface area (TPSA) is 88.4 Å². The number of aliphatic carboxylic acids is 1. The number of carboxylic acid groups (broad SMARTS) is 1. The lowest BCUT2D eigenvalue weighted by molar-refractivity contribution is -0.187. The Morgan fingerprint density at radius 2 is 2.14 bits per heavy atom. The Bertz CT molecular complexity index is 258. The average Bonchev–Trinajstić information content (AvgIpc) is 2.58. The molecular formula is C7H10N2O5. The number of carboxylic acids is 1. The number of ether oxygens (including phenoxy) is 2. The minimum atomic E-state index is -1.04. The molecule has 0 bridgehead atoms. The molecule has 0 aromatic rings. The van der Waals surface area contributed by atoms with E-state index < -0.39 is 12.1 Å². The number of hydrogen-bond donors (Lipinski definition) is 1. The number of rotatable bonds is 2. The first kappa shape index (κ1) is 9.35. The van der Waals surface area contributed by atoms with Gasteiger partial charge in [0.1, 0.15) is 12.2 Å². The molecule has 2 rings (SSSR count). The third-order valence-electron chi connectivity index (χ3n) is 2.39. The van der Waals surface area contributed by atoms with Crippen LogP contribution in [0.4, 0.5) is 0 Å². The monoisotopic (exact) mass is 202 g/mol. The predicted octanol–water partition coefficient (Wildman–Crippen LogP) is -0.779. The Balaban J connectivity index is 1.97. The van der Waals surface area contributed by atoms with Gasteiger partial charge in [-0.05, 0) is 0 Å². The molecule has 14 heavy (non-hydrogen) atoms. The molecular weight excluding hydrogens is 192 g/mol. The zero-order valence-corrected chi connectivity index (χ0v) is 7.33. The van der Waals surface area contributed by atoms with Gasteiger partial charge in [0.15, 0.2) is 6.10 Å². The van der Waals surface area contributed by atoms with Crippen molar-refractivity contribution >= 4 is 5.97 Å². The second kappa shape index (κ2) is 3.50. The lowest BCUT2D eigenvalue weighted by Crippen LogP contribution is -2.45. The Morgan fingerprint density at radius 1 is 1.43 bits per heavy atom. The lowest BCUT2D eigenvalue weighted by atomic mass is 10.2. The molecule has 0 radical (unpaired) electrons. The van der Waals surface area contributed by atoms with Crippen LogP contribution in [0.1, 0.15) is 0 Å². The maximum Gasteiger partial charge on any atom is 0.335 e. The molecule has 7 heteroatoms. The molecule has 2 aliphatic rings. The molecule has 2 aliphatic heterocycles. The summed E-state index contributed by atoms with van der Waals surface area (Å²) in [6.45, 7) is 0.710. The van der Waals surface area contributed by atoms with Gasteiger partial charge in [0, 0.05) is 0 Å². The van der Waals surface area contributed by atoms with Gasteiger partial charge < -0.3 is 14.6 Å². The van der Waals surface area contributed by atoms with Crippen molar-refractivity contribution in [1.29, 1.82) is 0 Å². The highest BCUT2D eigenvalue weighted by Crippen LogP contribution is 2.23. The van der Waals surface area contributed by atoms with Gasteiger partial charge in [0.2, 0.25) is 0 Å². The third kappa shape index (κ3) is 1.55. The van der Waals surface area contributed by atoms with E-state index in [1.54, 1.807) is 0 Å². The quantitative estimate of drug-likeness (QED) is 0.591. The molecule has 3 unspecified atom stereocenters. The summed E-state index contributed by atoms with van der Waals surface area (Å²) in [5.41, 5.74) is 0. The number of nitroso groups, excluding NO2 is 1. The Labute approximate surface area is 79.5 Å². The van der Waals surface area contributed by atoms with Gasteiger partial charge in [-0.1, -0.05) is 0 Å². The number of carbonyl (C=O) groups is 1. The standard InChI is InChI=1S/C7H10N2O5/c10-7(11)6-3-13-4-1-9(8-12)2-5(4)14-6/h4-6H,1-3H2,(H,10,11). The van der Waals surface area contributed by atoms with E-state index >= 15 is 0 Å². The largest absolute Gasteiger partial charge is 0.479 e. The fourth-order valence-electron chi connectivity index (χ4n) is 1.67. The maximum absolute atomic E-state index is 10.6. The highest BCUT2D eigenvalue weighted by Gasteiger charge is 2.42. The van der Waals surface area contributed by atoms with Gasteiger partial charge in [-0.3, -0.25) is 5.01 Å². The fraction of sp³-hybridized carbons (Fsp3) is 0.857. The summed E-state index contributed by atoms with van der Waals surface area (Å²) in [6, 6.07) is 0. The van der Waals surface area contributed by atoms with Crippen LogP contribution in [0.15, 0.2) is 5.29 Å². The lowest BCUT2D eigenvalue weighted by Gasteiger charge is -2.29. The van der Waals surface area contributed by atoms with Crippen LogP contribution >= 0.6 is 0 Å². The van der Waals surface area contributed by atoms with E-state index in [1.165, 1.54) is 5.01 Å². The fourth-order valence-corrected chi connectivity index (χ4v) is 1.67. The molecule has 2 heterocycles. The third-order valence-corrected chi connectivity index (χ3v) is 2.39. The van der Waals surface area contributed by atoms with Crippen molar-refractivity contribution in [2.75, 3.05) is 19.7 Å². The molecule has 7 nitrogen and oxygen atoms in total. The van der Waals surface area contributed by atoms with Crippen LogP contribution in [-0.2, 0) is 14.3 Å². The number of fused-ring (bicyclic) bond motifs is 1. The van der Waals surface area contributed by atoms with Crippen molar-refractivity contribution in [3.63, 3.8) is 0 Å². The highest BCUT2D eigenvalue weighted by atomic mass is 16.6. The molecule has 0 aromatic heterocycles. The minimum Gasteiger partial charge on any atom is -0.479 e. The first-order valence-corrected chi connectivity index (χ1v) is 4.29. The number of nitrogens with zero attached hydrogens (tertiary/aromatic N) is 2. The molecule has 3 atom stereocenters. The van der Waals surface area contributed by atoms with Crippen LogP contribution in [0, 0.1) is 4.91 Å². The van der Waals surface area contributed by atoms with Gasteiger partial charge >= 0.3 is 5.97 Å². The van der Waals surface area contributed by atoms with E-state index in [4.69, 9.17) is 14.6 Å². The first-order valence-electron chi connectivity index (χ1n) is 4.29. The van der Waals surface area contributed by atoms with Gasteiger partial charge in [-0.15, -0.1) is 4.91 Å². The summed E-state index contributed by atoms with van der Waals surface area (Å²) in [6.07, 6.45) is -1.52. The zero-order chi connectivity index (χ0) is 10.1. The summed E-state index contributed by atoms with van der Waals surface area (Å²) in [5, 5.41) is 12.7. The van der Waals surface area contributed by atoms with Gasteiger partial charge in [0.05, 0.1) is 25.0 Å². The van der Waals surface area contributed by atoms with Crippen molar-refractivity contribution in [2.24, 2.45) is 5.29 Å². The van der Waals surface area contributed by atoms with Gasteiger partial charge in [0.25, 0.3) is 0 Å². The molecule has 0 spiro atoms. The van der Waals surface area contributed by atoms with Crippen LogP contribution in [0.2, 0.25) is 0 Å². The molecule has 0 aliphatic carbocycles. The van der Waals surface area contributed by atoms with Crippen molar-refractivity contribution in [3.8, 4) is 0 Å². The van der Waals surface area contributed by atoms with Crippen LogP contribution in [0.25, 0.3) is 0 Å². The van der Waals surface area contributed by atoms with E-state index in [2.05, 4.69) is 5.29 Å². The smallest absolute Gasteiger partial charge is 0.335 e. The van der Waals surface area contributed by atoms with E-state index in [1.807, 2.05) is 0 Å². The second-order valence-corrected chi connectivity index (χ2v) is 3.33. The average molecular weight is 202 g/mol. The molecule has 78 valence electrons. The van der Waals surface area contributed by atoms with Crippen molar-refractivity contribution < 1.29 is 19.4 Å². The second-order valence-electron chi connectivity index (χ2n) is 3.33. The van der Waals surface area contributed by atoms with Crippen LogP contribution in [-0.4, -0.2) is 54.1 Å². The van der Waals surface area contributed by atoms with E-state index in [9.17, 15) is 9.70 Å². The van der Waals surface area contributed by atoms with E-state index in [0.717, 1.165) is 0 Å². The van der Waals surface area contributed by atoms with Crippen LogP contribution in [0.5, 0.6) is 0 Å².